The van der Waals surface area contributed by atoms with E-state index < -0.39 is 12.6 Å². The van der Waals surface area contributed by atoms with Crippen molar-refractivity contribution in [2.45, 2.75) is 76.6 Å². The van der Waals surface area contributed by atoms with Crippen molar-refractivity contribution < 1.29 is 17.9 Å². The topological polar surface area (TPSA) is 21.3 Å². The summed E-state index contributed by atoms with van der Waals surface area (Å²) in [5.41, 5.74) is 0.201. The summed E-state index contributed by atoms with van der Waals surface area (Å²) in [5.74, 6) is 0. The minimum atomic E-state index is -4.06. The van der Waals surface area contributed by atoms with Gasteiger partial charge in [0.15, 0.2) is 0 Å². The lowest BCUT2D eigenvalue weighted by Crippen LogP contribution is -2.64. The van der Waals surface area contributed by atoms with E-state index in [9.17, 15) is 13.2 Å². The molecule has 5 heteroatoms. The number of ether oxygens (including phenoxy) is 1. The van der Waals surface area contributed by atoms with E-state index in [0.717, 1.165) is 25.8 Å². The number of alkyl halides is 3. The van der Waals surface area contributed by atoms with Crippen LogP contribution >= 0.6 is 0 Å². The molecule has 2 rings (SSSR count). The molecule has 2 fully saturated rings. The zero-order valence-corrected chi connectivity index (χ0v) is 12.3. The van der Waals surface area contributed by atoms with E-state index in [1.54, 1.807) is 0 Å². The number of hydrogen-bond donors (Lipinski definition) is 1. The molecular weight excluding hydrogens is 267 g/mol. The summed E-state index contributed by atoms with van der Waals surface area (Å²) >= 11 is 0. The molecule has 2 atom stereocenters. The third-order valence-corrected chi connectivity index (χ3v) is 4.94. The van der Waals surface area contributed by atoms with Crippen LogP contribution in [0, 0.1) is 5.41 Å². The molecule has 0 saturated heterocycles. The SMILES string of the molecule is CCNC1CC(OCCCC(F)(F)F)C12CCCCC2. The van der Waals surface area contributed by atoms with Crippen molar-refractivity contribution >= 4 is 0 Å². The fourth-order valence-electron chi connectivity index (χ4n) is 3.89. The Kier molecular flexibility index (Phi) is 5.35. The molecule has 0 aromatic heterocycles. The second-order valence-corrected chi connectivity index (χ2v) is 6.22. The highest BCUT2D eigenvalue weighted by Gasteiger charge is 2.55. The molecule has 1 N–H and O–H groups in total. The molecule has 0 bridgehead atoms. The van der Waals surface area contributed by atoms with Gasteiger partial charge >= 0.3 is 6.18 Å². The molecule has 0 heterocycles. The Hall–Kier alpha value is -0.290. The van der Waals surface area contributed by atoms with Gasteiger partial charge in [-0.3, -0.25) is 0 Å². The first-order valence-corrected chi connectivity index (χ1v) is 7.90. The lowest BCUT2D eigenvalue weighted by molar-refractivity contribution is -0.164. The van der Waals surface area contributed by atoms with Crippen molar-refractivity contribution in [3.63, 3.8) is 0 Å². The number of hydrogen-bond acceptors (Lipinski definition) is 2. The molecule has 118 valence electrons. The monoisotopic (exact) mass is 293 g/mol. The second kappa shape index (κ2) is 6.65. The Morgan fingerprint density at radius 3 is 2.50 bits per heavy atom. The van der Waals surface area contributed by atoms with Gasteiger partial charge in [-0.2, -0.15) is 13.2 Å². The molecule has 2 aliphatic rings. The maximum absolute atomic E-state index is 12.1. The van der Waals surface area contributed by atoms with Gasteiger partial charge in [0.05, 0.1) is 6.10 Å². The zero-order valence-electron chi connectivity index (χ0n) is 12.3. The van der Waals surface area contributed by atoms with E-state index in [0.29, 0.717) is 6.04 Å². The van der Waals surface area contributed by atoms with Crippen LogP contribution < -0.4 is 5.32 Å². The highest BCUT2D eigenvalue weighted by atomic mass is 19.4. The van der Waals surface area contributed by atoms with Crippen LogP contribution in [0.25, 0.3) is 0 Å². The minimum absolute atomic E-state index is 0.0853. The second-order valence-electron chi connectivity index (χ2n) is 6.22. The van der Waals surface area contributed by atoms with Crippen LogP contribution in [0.2, 0.25) is 0 Å². The first-order chi connectivity index (χ1) is 9.48. The zero-order chi connectivity index (χ0) is 14.6. The summed E-state index contributed by atoms with van der Waals surface area (Å²) in [6.45, 7) is 3.30. The average molecular weight is 293 g/mol. The first-order valence-electron chi connectivity index (χ1n) is 7.90. The maximum Gasteiger partial charge on any atom is 0.389 e. The number of nitrogens with one attached hydrogen (secondary N) is 1. The molecule has 2 aliphatic carbocycles. The van der Waals surface area contributed by atoms with Crippen molar-refractivity contribution in [2.75, 3.05) is 13.2 Å². The smallest absolute Gasteiger partial charge is 0.378 e. The molecule has 2 nitrogen and oxygen atoms in total. The third-order valence-electron chi connectivity index (χ3n) is 4.94. The van der Waals surface area contributed by atoms with Crippen LogP contribution in [-0.2, 0) is 4.74 Å². The van der Waals surface area contributed by atoms with Gasteiger partial charge in [-0.15, -0.1) is 0 Å². The summed E-state index contributed by atoms with van der Waals surface area (Å²) in [6, 6.07) is 0.500. The Morgan fingerprint density at radius 1 is 1.20 bits per heavy atom. The van der Waals surface area contributed by atoms with Gasteiger partial charge in [0.2, 0.25) is 0 Å². The highest BCUT2D eigenvalue weighted by molar-refractivity contribution is 5.08. The van der Waals surface area contributed by atoms with E-state index in [2.05, 4.69) is 12.2 Å². The third kappa shape index (κ3) is 3.67. The maximum atomic E-state index is 12.1. The van der Waals surface area contributed by atoms with Crippen molar-refractivity contribution in [1.82, 2.24) is 5.32 Å². The fraction of sp³-hybridized carbons (Fsp3) is 1.00. The standard InChI is InChI=1S/C15H26F3NO/c1-2-19-12-11-13(14(12)7-4-3-5-8-14)20-10-6-9-15(16,17)18/h12-13,19H,2-11H2,1H3. The lowest BCUT2D eigenvalue weighted by Gasteiger charge is -2.58. The Bertz CT molecular complexity index is 300. The molecule has 2 unspecified atom stereocenters. The summed E-state index contributed by atoms with van der Waals surface area (Å²) in [6.07, 6.45) is 2.47. The predicted octanol–water partition coefficient (Wildman–Crippen LogP) is 4.05. The van der Waals surface area contributed by atoms with Gasteiger partial charge in [0.1, 0.15) is 0 Å². The van der Waals surface area contributed by atoms with Crippen LogP contribution in [0.3, 0.4) is 0 Å². The molecule has 0 amide bonds. The Labute approximate surface area is 119 Å². The van der Waals surface area contributed by atoms with Crippen molar-refractivity contribution in [3.8, 4) is 0 Å². The van der Waals surface area contributed by atoms with Crippen LogP contribution in [0.1, 0.15) is 58.3 Å². The van der Waals surface area contributed by atoms with E-state index >= 15 is 0 Å². The summed E-state index contributed by atoms with van der Waals surface area (Å²) in [4.78, 5) is 0. The van der Waals surface area contributed by atoms with Crippen molar-refractivity contribution in [1.29, 1.82) is 0 Å². The van der Waals surface area contributed by atoms with Crippen molar-refractivity contribution in [3.05, 3.63) is 0 Å². The molecule has 1 spiro atoms. The molecule has 0 aromatic carbocycles. The van der Waals surface area contributed by atoms with Gasteiger partial charge in [0, 0.05) is 24.5 Å². The number of rotatable bonds is 6. The van der Waals surface area contributed by atoms with Gasteiger partial charge < -0.3 is 10.1 Å². The predicted molar refractivity (Wildman–Crippen MR) is 72.6 cm³/mol. The van der Waals surface area contributed by atoms with Crippen LogP contribution in [0.5, 0.6) is 0 Å². The van der Waals surface area contributed by atoms with Gasteiger partial charge in [-0.25, -0.2) is 0 Å². The summed E-state index contributed by atoms with van der Waals surface area (Å²) in [5, 5.41) is 3.53. The summed E-state index contributed by atoms with van der Waals surface area (Å²) in [7, 11) is 0. The fourth-order valence-corrected chi connectivity index (χ4v) is 3.89. The molecule has 0 aromatic rings. The lowest BCUT2D eigenvalue weighted by atomic mass is 9.55. The van der Waals surface area contributed by atoms with Gasteiger partial charge in [-0.05, 0) is 32.2 Å². The average Bonchev–Trinajstić information content (AvgIpc) is 2.41. The minimum Gasteiger partial charge on any atom is -0.378 e. The van der Waals surface area contributed by atoms with Gasteiger partial charge in [-0.1, -0.05) is 26.2 Å². The molecular formula is C15H26F3NO. The van der Waals surface area contributed by atoms with Crippen LogP contribution in [-0.4, -0.2) is 31.5 Å². The first kappa shape index (κ1) is 16.1. The Balaban J connectivity index is 1.79. The van der Waals surface area contributed by atoms with Crippen LogP contribution in [0.4, 0.5) is 13.2 Å². The van der Waals surface area contributed by atoms with E-state index in [4.69, 9.17) is 4.74 Å². The van der Waals surface area contributed by atoms with E-state index in [1.807, 2.05) is 0 Å². The quantitative estimate of drug-likeness (QED) is 0.746. The largest absolute Gasteiger partial charge is 0.389 e. The number of halogens is 3. The normalized spacial score (nSPS) is 29.4. The molecule has 20 heavy (non-hydrogen) atoms. The Morgan fingerprint density at radius 2 is 1.90 bits per heavy atom. The van der Waals surface area contributed by atoms with Crippen LogP contribution in [0.15, 0.2) is 0 Å². The van der Waals surface area contributed by atoms with Crippen molar-refractivity contribution in [2.24, 2.45) is 5.41 Å². The highest BCUT2D eigenvalue weighted by Crippen LogP contribution is 2.53. The summed E-state index contributed by atoms with van der Waals surface area (Å²) < 4.78 is 42.2. The molecule has 2 saturated carbocycles. The van der Waals surface area contributed by atoms with E-state index in [1.165, 1.54) is 19.3 Å². The van der Waals surface area contributed by atoms with Gasteiger partial charge in [0.25, 0.3) is 0 Å². The molecule has 0 aliphatic heterocycles. The molecule has 0 radical (unpaired) electrons. The van der Waals surface area contributed by atoms with E-state index in [-0.39, 0.29) is 24.5 Å².